The number of rotatable bonds is 5. The Hall–Kier alpha value is -1.17. The van der Waals surface area contributed by atoms with E-state index in [1.54, 1.807) is 6.07 Å². The lowest BCUT2D eigenvalue weighted by atomic mass is 10.1. The molecule has 1 aromatic rings. The Kier molecular flexibility index (Phi) is 5.34. The molecule has 1 aromatic carbocycles. The normalized spacial score (nSPS) is 19.9. The molecule has 1 N–H and O–H groups in total. The first-order chi connectivity index (χ1) is 9.60. The molecule has 0 saturated carbocycles. The van der Waals surface area contributed by atoms with Crippen molar-refractivity contribution in [2.24, 2.45) is 0 Å². The van der Waals surface area contributed by atoms with E-state index < -0.39 is 17.8 Å². The number of benzene rings is 1. The molecule has 0 aromatic heterocycles. The van der Waals surface area contributed by atoms with Crippen LogP contribution in [-0.2, 0) is 14.3 Å². The van der Waals surface area contributed by atoms with Crippen LogP contribution in [0.15, 0.2) is 18.2 Å². The van der Waals surface area contributed by atoms with Gasteiger partial charge in [0.25, 0.3) is 0 Å². The Labute approximate surface area is 122 Å². The van der Waals surface area contributed by atoms with Crippen LogP contribution in [-0.4, -0.2) is 32.3 Å². The number of halogens is 2. The first-order valence-electron chi connectivity index (χ1n) is 6.49. The monoisotopic (exact) mass is 301 g/mol. The summed E-state index contributed by atoms with van der Waals surface area (Å²) in [7, 11) is 1.30. The van der Waals surface area contributed by atoms with Crippen LogP contribution in [0.2, 0.25) is 5.02 Å². The van der Waals surface area contributed by atoms with Crippen LogP contribution in [0.1, 0.15) is 24.4 Å². The lowest BCUT2D eigenvalue weighted by Crippen LogP contribution is -2.35. The van der Waals surface area contributed by atoms with Gasteiger partial charge in [-0.3, -0.25) is 5.32 Å². The predicted octanol–water partition coefficient (Wildman–Crippen LogP) is 2.46. The molecule has 110 valence electrons. The number of hydrogen-bond acceptors (Lipinski definition) is 4. The summed E-state index contributed by atoms with van der Waals surface area (Å²) in [5.41, 5.74) is 0.444. The number of methoxy groups -OCH3 is 1. The molecule has 20 heavy (non-hydrogen) atoms. The van der Waals surface area contributed by atoms with Crippen LogP contribution >= 0.6 is 11.6 Å². The van der Waals surface area contributed by atoms with Gasteiger partial charge in [0.05, 0.1) is 13.2 Å². The lowest BCUT2D eigenvalue weighted by Gasteiger charge is -2.19. The van der Waals surface area contributed by atoms with E-state index in [4.69, 9.17) is 21.1 Å². The quantitative estimate of drug-likeness (QED) is 0.849. The van der Waals surface area contributed by atoms with E-state index in [1.807, 2.05) is 0 Å². The van der Waals surface area contributed by atoms with Crippen molar-refractivity contribution >= 4 is 17.6 Å². The molecule has 0 radical (unpaired) electrons. The van der Waals surface area contributed by atoms with Gasteiger partial charge in [0.2, 0.25) is 0 Å². The minimum absolute atomic E-state index is 0.0752. The highest BCUT2D eigenvalue weighted by Crippen LogP contribution is 2.22. The fraction of sp³-hybridized carbons (Fsp3) is 0.500. The highest BCUT2D eigenvalue weighted by Gasteiger charge is 2.24. The highest BCUT2D eigenvalue weighted by molar-refractivity contribution is 6.30. The lowest BCUT2D eigenvalue weighted by molar-refractivity contribution is -0.143. The Morgan fingerprint density at radius 2 is 2.40 bits per heavy atom. The molecular weight excluding hydrogens is 285 g/mol. The Balaban J connectivity index is 2.11. The van der Waals surface area contributed by atoms with Gasteiger partial charge >= 0.3 is 5.97 Å². The molecule has 6 heteroatoms. The van der Waals surface area contributed by atoms with Crippen LogP contribution in [0, 0.1) is 5.82 Å². The van der Waals surface area contributed by atoms with Gasteiger partial charge in [-0.05, 0) is 36.6 Å². The smallest absolute Gasteiger partial charge is 0.327 e. The van der Waals surface area contributed by atoms with Crippen LogP contribution in [0.5, 0.6) is 0 Å². The van der Waals surface area contributed by atoms with E-state index in [9.17, 15) is 9.18 Å². The average Bonchev–Trinajstić information content (AvgIpc) is 2.90. The van der Waals surface area contributed by atoms with E-state index in [2.05, 4.69) is 5.32 Å². The fourth-order valence-corrected chi connectivity index (χ4v) is 2.48. The summed E-state index contributed by atoms with van der Waals surface area (Å²) < 4.78 is 23.6. The maximum absolute atomic E-state index is 13.4. The molecule has 0 amide bonds. The van der Waals surface area contributed by atoms with Crippen molar-refractivity contribution in [1.82, 2.24) is 5.32 Å². The zero-order valence-corrected chi connectivity index (χ0v) is 12.0. The van der Waals surface area contributed by atoms with Gasteiger partial charge in [-0.25, -0.2) is 9.18 Å². The van der Waals surface area contributed by atoms with Crippen molar-refractivity contribution in [1.29, 1.82) is 0 Å². The third-order valence-corrected chi connectivity index (χ3v) is 3.45. The molecule has 1 heterocycles. The van der Waals surface area contributed by atoms with Gasteiger partial charge in [-0.15, -0.1) is 0 Å². The maximum atomic E-state index is 13.4. The third-order valence-electron chi connectivity index (χ3n) is 3.23. The SMILES string of the molecule is COC(=O)C(NCC1CCCO1)c1cc(F)cc(Cl)c1. The second kappa shape index (κ2) is 7.02. The van der Waals surface area contributed by atoms with Gasteiger partial charge < -0.3 is 9.47 Å². The van der Waals surface area contributed by atoms with Crippen molar-refractivity contribution in [3.8, 4) is 0 Å². The average molecular weight is 302 g/mol. The summed E-state index contributed by atoms with van der Waals surface area (Å²) in [6, 6.07) is 3.27. The molecule has 1 aliphatic rings. The Morgan fingerprint density at radius 3 is 3.00 bits per heavy atom. The summed E-state index contributed by atoms with van der Waals surface area (Å²) >= 11 is 5.82. The van der Waals surface area contributed by atoms with Crippen LogP contribution in [0.4, 0.5) is 4.39 Å². The largest absolute Gasteiger partial charge is 0.468 e. The fourth-order valence-electron chi connectivity index (χ4n) is 2.25. The van der Waals surface area contributed by atoms with Crippen molar-refractivity contribution in [3.05, 3.63) is 34.6 Å². The van der Waals surface area contributed by atoms with Crippen molar-refractivity contribution < 1.29 is 18.7 Å². The summed E-state index contributed by atoms with van der Waals surface area (Å²) in [6.07, 6.45) is 2.04. The number of carbonyl (C=O) groups excluding carboxylic acids is 1. The van der Waals surface area contributed by atoms with Crippen LogP contribution in [0.25, 0.3) is 0 Å². The molecule has 0 aliphatic carbocycles. The van der Waals surface area contributed by atoms with Crippen molar-refractivity contribution in [3.63, 3.8) is 0 Å². The van der Waals surface area contributed by atoms with Gasteiger partial charge in [-0.1, -0.05) is 11.6 Å². The van der Waals surface area contributed by atoms with Crippen LogP contribution in [0.3, 0.4) is 0 Å². The second-order valence-corrected chi connectivity index (χ2v) is 5.14. The molecule has 1 fully saturated rings. The molecule has 1 aliphatic heterocycles. The third kappa shape index (κ3) is 3.91. The van der Waals surface area contributed by atoms with E-state index in [1.165, 1.54) is 19.2 Å². The summed E-state index contributed by atoms with van der Waals surface area (Å²) in [5.74, 6) is -0.968. The molecule has 0 spiro atoms. The summed E-state index contributed by atoms with van der Waals surface area (Å²) in [5, 5.41) is 3.30. The van der Waals surface area contributed by atoms with Gasteiger partial charge in [0, 0.05) is 18.2 Å². The first kappa shape index (κ1) is 15.2. The molecule has 2 rings (SSSR count). The Morgan fingerprint density at radius 1 is 1.60 bits per heavy atom. The second-order valence-electron chi connectivity index (χ2n) is 4.70. The van der Waals surface area contributed by atoms with E-state index in [0.717, 1.165) is 19.4 Å². The van der Waals surface area contributed by atoms with Crippen molar-refractivity contribution in [2.75, 3.05) is 20.3 Å². The number of esters is 1. The standard InChI is InChI=1S/C14H17ClFNO3/c1-19-14(18)13(17-8-12-3-2-4-20-12)9-5-10(15)7-11(16)6-9/h5-7,12-13,17H,2-4,8H2,1H3. The van der Waals surface area contributed by atoms with Gasteiger partial charge in [0.1, 0.15) is 11.9 Å². The van der Waals surface area contributed by atoms with Crippen molar-refractivity contribution in [2.45, 2.75) is 25.0 Å². The summed E-state index contributed by atoms with van der Waals surface area (Å²) in [4.78, 5) is 11.8. The van der Waals surface area contributed by atoms with E-state index in [-0.39, 0.29) is 11.1 Å². The summed E-state index contributed by atoms with van der Waals surface area (Å²) in [6.45, 7) is 1.24. The van der Waals surface area contributed by atoms with Crippen LogP contribution < -0.4 is 5.32 Å². The van der Waals surface area contributed by atoms with Gasteiger partial charge in [-0.2, -0.15) is 0 Å². The van der Waals surface area contributed by atoms with E-state index in [0.29, 0.717) is 12.1 Å². The minimum atomic E-state index is -0.752. The molecule has 0 bridgehead atoms. The zero-order chi connectivity index (χ0) is 14.5. The molecular formula is C14H17ClFNO3. The highest BCUT2D eigenvalue weighted by atomic mass is 35.5. The number of carbonyl (C=O) groups is 1. The number of hydrogen-bond donors (Lipinski definition) is 1. The maximum Gasteiger partial charge on any atom is 0.327 e. The molecule has 1 saturated heterocycles. The number of ether oxygens (including phenoxy) is 2. The predicted molar refractivity (Wildman–Crippen MR) is 73.1 cm³/mol. The molecule has 4 nitrogen and oxygen atoms in total. The first-order valence-corrected chi connectivity index (χ1v) is 6.86. The Bertz CT molecular complexity index is 457. The topological polar surface area (TPSA) is 47.6 Å². The zero-order valence-electron chi connectivity index (χ0n) is 11.2. The molecule has 2 atom stereocenters. The molecule has 2 unspecified atom stereocenters. The van der Waals surface area contributed by atoms with Gasteiger partial charge in [0.15, 0.2) is 0 Å². The minimum Gasteiger partial charge on any atom is -0.468 e. The number of nitrogens with one attached hydrogen (secondary N) is 1. The van der Waals surface area contributed by atoms with E-state index >= 15 is 0 Å².